The molecule has 1 aliphatic carbocycles. The first-order valence-corrected chi connectivity index (χ1v) is 12.3. The number of aromatic nitrogens is 1. The molecule has 3 aromatic carbocycles. The number of nitrogens with zero attached hydrogens (tertiary/aromatic N) is 1. The summed E-state index contributed by atoms with van der Waals surface area (Å²) in [5.74, 6) is -0.223. The van der Waals surface area contributed by atoms with Crippen LogP contribution in [-0.4, -0.2) is 23.0 Å². The lowest BCUT2D eigenvalue weighted by atomic mass is 9.88. The zero-order valence-corrected chi connectivity index (χ0v) is 19.7. The second-order valence-electron chi connectivity index (χ2n) is 8.98. The van der Waals surface area contributed by atoms with Crippen LogP contribution in [0.3, 0.4) is 0 Å². The highest BCUT2D eigenvalue weighted by Gasteiger charge is 2.27. The molecule has 1 aromatic heterocycles. The van der Waals surface area contributed by atoms with Crippen LogP contribution < -0.4 is 10.6 Å². The summed E-state index contributed by atoms with van der Waals surface area (Å²) in [4.78, 5) is 17.8. The van der Waals surface area contributed by atoms with Gasteiger partial charge in [0.05, 0.1) is 11.4 Å². The summed E-state index contributed by atoms with van der Waals surface area (Å²) in [7, 11) is 0. The third kappa shape index (κ3) is 5.07. The normalized spacial score (nSPS) is 18.1. The zero-order chi connectivity index (χ0) is 23.3. The van der Waals surface area contributed by atoms with E-state index in [9.17, 15) is 4.79 Å². The molecule has 0 bridgehead atoms. The van der Waals surface area contributed by atoms with Gasteiger partial charge in [0.2, 0.25) is 5.91 Å². The number of carbonyl (C=O) groups excluding carboxylic acids is 1. The number of nitrogens with one attached hydrogen (secondary N) is 2. The number of hydrogen-bond donors (Lipinski definition) is 2. The van der Waals surface area contributed by atoms with E-state index >= 15 is 0 Å². The average Bonchev–Trinajstić information content (AvgIpc) is 2.87. The smallest absolute Gasteiger partial charge is 0.232 e. The lowest BCUT2D eigenvalue weighted by molar-refractivity contribution is -0.122. The summed E-state index contributed by atoms with van der Waals surface area (Å²) in [6, 6.07) is 28.5. The van der Waals surface area contributed by atoms with Gasteiger partial charge in [0.1, 0.15) is 0 Å². The van der Waals surface area contributed by atoms with Crippen LogP contribution >= 0.6 is 11.6 Å². The minimum atomic E-state index is -0.298. The number of halogens is 1. The highest BCUT2D eigenvalue weighted by atomic mass is 35.5. The fourth-order valence-electron chi connectivity index (χ4n) is 4.92. The quantitative estimate of drug-likeness (QED) is 0.336. The number of pyridine rings is 1. The number of fused-ring (bicyclic) bond motifs is 1. The van der Waals surface area contributed by atoms with Crippen molar-refractivity contribution in [2.75, 3.05) is 5.32 Å². The van der Waals surface area contributed by atoms with Crippen LogP contribution in [-0.2, 0) is 4.79 Å². The molecule has 0 unspecified atom stereocenters. The van der Waals surface area contributed by atoms with E-state index in [0.717, 1.165) is 53.4 Å². The van der Waals surface area contributed by atoms with Gasteiger partial charge in [-0.3, -0.25) is 9.78 Å². The Hall–Kier alpha value is -3.37. The molecule has 0 atom stereocenters. The Balaban J connectivity index is 1.23. The second kappa shape index (κ2) is 10.3. The minimum absolute atomic E-state index is 0.0748. The van der Waals surface area contributed by atoms with E-state index in [1.807, 2.05) is 91.1 Å². The van der Waals surface area contributed by atoms with Crippen molar-refractivity contribution in [3.05, 3.63) is 107 Å². The lowest BCUT2D eigenvalue weighted by Gasteiger charge is -2.31. The van der Waals surface area contributed by atoms with Crippen molar-refractivity contribution in [2.24, 2.45) is 0 Å². The van der Waals surface area contributed by atoms with Gasteiger partial charge in [-0.05, 0) is 61.1 Å². The molecular formula is C29H28ClN3O. The molecule has 0 spiro atoms. The molecule has 1 heterocycles. The summed E-state index contributed by atoms with van der Waals surface area (Å²) in [5, 5.41) is 8.81. The van der Waals surface area contributed by atoms with Crippen molar-refractivity contribution < 1.29 is 4.79 Å². The molecule has 5 heteroatoms. The maximum absolute atomic E-state index is 13.4. The monoisotopic (exact) mass is 469 g/mol. The summed E-state index contributed by atoms with van der Waals surface area (Å²) in [5.41, 5.74) is 4.02. The Morgan fingerprint density at radius 3 is 2.09 bits per heavy atom. The number of benzene rings is 3. The Morgan fingerprint density at radius 1 is 0.824 bits per heavy atom. The van der Waals surface area contributed by atoms with Gasteiger partial charge in [-0.2, -0.15) is 0 Å². The molecule has 5 rings (SSSR count). The fraction of sp³-hybridized carbons (Fsp3) is 0.241. The van der Waals surface area contributed by atoms with E-state index in [1.165, 1.54) is 0 Å². The van der Waals surface area contributed by atoms with Crippen molar-refractivity contribution >= 4 is 34.1 Å². The fourth-order valence-corrected chi connectivity index (χ4v) is 5.09. The van der Waals surface area contributed by atoms with Crippen molar-refractivity contribution in [1.82, 2.24) is 10.3 Å². The van der Waals surface area contributed by atoms with E-state index in [0.29, 0.717) is 11.1 Å². The third-order valence-electron chi connectivity index (χ3n) is 6.67. The maximum Gasteiger partial charge on any atom is 0.232 e. The summed E-state index contributed by atoms with van der Waals surface area (Å²) < 4.78 is 0. The van der Waals surface area contributed by atoms with E-state index in [4.69, 9.17) is 11.6 Å². The second-order valence-corrected chi connectivity index (χ2v) is 9.41. The first-order chi connectivity index (χ1) is 16.7. The summed E-state index contributed by atoms with van der Waals surface area (Å²) in [6.45, 7) is 0. The Labute approximate surface area is 205 Å². The molecule has 0 saturated heterocycles. The molecule has 0 aliphatic heterocycles. The molecule has 34 heavy (non-hydrogen) atoms. The molecule has 0 radical (unpaired) electrons. The minimum Gasteiger partial charge on any atom is -0.382 e. The van der Waals surface area contributed by atoms with Gasteiger partial charge in [-0.15, -0.1) is 0 Å². The number of carbonyl (C=O) groups is 1. The van der Waals surface area contributed by atoms with Crippen molar-refractivity contribution in [1.29, 1.82) is 0 Å². The number of hydrogen-bond acceptors (Lipinski definition) is 3. The first kappa shape index (κ1) is 22.4. The standard InChI is InChI=1S/C29H28ClN3O/c30-22-11-16-25-26(17-18-31-27(25)19-22)32-23-12-14-24(15-13-23)33-29(34)28(20-7-3-1-4-8-20)21-9-5-2-6-10-21/h1-11,16-19,23-24,28H,12-15H2,(H,31,32)(H,33,34). The zero-order valence-electron chi connectivity index (χ0n) is 19.0. The topological polar surface area (TPSA) is 54.0 Å². The number of amides is 1. The van der Waals surface area contributed by atoms with Crippen molar-refractivity contribution in [3.63, 3.8) is 0 Å². The average molecular weight is 470 g/mol. The van der Waals surface area contributed by atoms with E-state index in [1.54, 1.807) is 0 Å². The highest BCUT2D eigenvalue weighted by molar-refractivity contribution is 6.31. The predicted octanol–water partition coefficient (Wildman–Crippen LogP) is 6.56. The van der Waals surface area contributed by atoms with Crippen LogP contribution in [0.4, 0.5) is 5.69 Å². The van der Waals surface area contributed by atoms with Crippen molar-refractivity contribution in [2.45, 2.75) is 43.7 Å². The van der Waals surface area contributed by atoms with E-state index in [-0.39, 0.29) is 17.9 Å². The van der Waals surface area contributed by atoms with Gasteiger partial charge in [0.25, 0.3) is 0 Å². The maximum atomic E-state index is 13.4. The van der Waals surface area contributed by atoms with Crippen LogP contribution in [0.5, 0.6) is 0 Å². The van der Waals surface area contributed by atoms with E-state index < -0.39 is 0 Å². The Bertz CT molecular complexity index is 1210. The number of rotatable bonds is 6. The summed E-state index contributed by atoms with van der Waals surface area (Å²) in [6.07, 6.45) is 5.73. The molecule has 1 aliphatic rings. The third-order valence-corrected chi connectivity index (χ3v) is 6.90. The van der Waals surface area contributed by atoms with Crippen LogP contribution in [0.2, 0.25) is 5.02 Å². The summed E-state index contributed by atoms with van der Waals surface area (Å²) >= 11 is 6.13. The Kier molecular flexibility index (Phi) is 6.77. The molecule has 4 aromatic rings. The van der Waals surface area contributed by atoms with Gasteiger partial charge in [0, 0.05) is 34.4 Å². The van der Waals surface area contributed by atoms with Crippen LogP contribution in [0.15, 0.2) is 91.1 Å². The molecular weight excluding hydrogens is 442 g/mol. The van der Waals surface area contributed by atoms with Gasteiger partial charge in [-0.25, -0.2) is 0 Å². The first-order valence-electron chi connectivity index (χ1n) is 11.9. The van der Waals surface area contributed by atoms with Crippen LogP contribution in [0.1, 0.15) is 42.7 Å². The van der Waals surface area contributed by atoms with Crippen LogP contribution in [0.25, 0.3) is 10.9 Å². The molecule has 1 fully saturated rings. The predicted molar refractivity (Wildman–Crippen MR) is 139 cm³/mol. The Morgan fingerprint density at radius 2 is 1.44 bits per heavy atom. The SMILES string of the molecule is O=C(NC1CCC(Nc2ccnc3cc(Cl)ccc23)CC1)C(c1ccccc1)c1ccccc1. The van der Waals surface area contributed by atoms with Gasteiger partial charge >= 0.3 is 0 Å². The number of anilines is 1. The molecule has 1 saturated carbocycles. The van der Waals surface area contributed by atoms with Gasteiger partial charge in [-0.1, -0.05) is 72.3 Å². The van der Waals surface area contributed by atoms with Crippen molar-refractivity contribution in [3.8, 4) is 0 Å². The molecule has 172 valence electrons. The molecule has 1 amide bonds. The van der Waals surface area contributed by atoms with Gasteiger partial charge < -0.3 is 10.6 Å². The van der Waals surface area contributed by atoms with E-state index in [2.05, 4.69) is 15.6 Å². The largest absolute Gasteiger partial charge is 0.382 e. The van der Waals surface area contributed by atoms with Gasteiger partial charge in [0.15, 0.2) is 0 Å². The molecule has 4 nitrogen and oxygen atoms in total. The highest BCUT2D eigenvalue weighted by Crippen LogP contribution is 2.29. The lowest BCUT2D eigenvalue weighted by Crippen LogP contribution is -2.42. The van der Waals surface area contributed by atoms with Crippen LogP contribution in [0, 0.1) is 0 Å². The molecule has 2 N–H and O–H groups in total.